The Balaban J connectivity index is 2.37. The number of halogens is 1. The summed E-state index contributed by atoms with van der Waals surface area (Å²) in [5, 5.41) is 15.3. The van der Waals surface area contributed by atoms with Crippen LogP contribution in [-0.4, -0.2) is 14.9 Å². The molecule has 3 aromatic rings. The first-order chi connectivity index (χ1) is 13.4. The third-order valence-electron chi connectivity index (χ3n) is 4.95. The van der Waals surface area contributed by atoms with Gasteiger partial charge < -0.3 is 10.8 Å². The van der Waals surface area contributed by atoms with Gasteiger partial charge in [0.25, 0.3) is 5.56 Å². The predicted octanol–water partition coefficient (Wildman–Crippen LogP) is 3.54. The number of aromatic nitrogens is 2. The maximum absolute atomic E-state index is 13.3. The molecule has 0 saturated carbocycles. The molecule has 0 spiro atoms. The van der Waals surface area contributed by atoms with Crippen molar-refractivity contribution >= 4 is 0 Å². The van der Waals surface area contributed by atoms with E-state index in [4.69, 9.17) is 5.73 Å². The first kappa shape index (κ1) is 19.8. The van der Waals surface area contributed by atoms with Crippen LogP contribution in [0.5, 0.6) is 5.75 Å². The van der Waals surface area contributed by atoms with Crippen LogP contribution in [0.4, 0.5) is 4.39 Å². The van der Waals surface area contributed by atoms with Crippen LogP contribution in [0, 0.1) is 5.82 Å². The zero-order valence-corrected chi connectivity index (χ0v) is 16.3. The average molecular weight is 381 g/mol. The Morgan fingerprint density at radius 2 is 1.64 bits per heavy atom. The van der Waals surface area contributed by atoms with Crippen LogP contribution in [0.3, 0.4) is 0 Å². The molecule has 0 amide bonds. The number of nitrogens with zero attached hydrogens (tertiary/aromatic N) is 2. The summed E-state index contributed by atoms with van der Waals surface area (Å²) in [5.41, 5.74) is 10.0. The molecule has 0 aliphatic heterocycles. The average Bonchev–Trinajstić information content (AvgIpc) is 2.71. The molecule has 0 bridgehead atoms. The molecule has 0 atom stereocenters. The molecule has 6 heteroatoms. The second kappa shape index (κ2) is 7.94. The summed E-state index contributed by atoms with van der Waals surface area (Å²) in [7, 11) is 1.55. The molecule has 0 aliphatic carbocycles. The first-order valence-corrected chi connectivity index (χ1v) is 9.32. The van der Waals surface area contributed by atoms with Gasteiger partial charge in [-0.15, -0.1) is 0 Å². The van der Waals surface area contributed by atoms with E-state index in [0.717, 1.165) is 22.3 Å². The standard InChI is InChI=1S/C22H24FN3O2/c1-4-14-10-13(12-24)11-15(5-2)18(14)19-21(27)20(25-26(3)22(19)28)16-6-8-17(23)9-7-16/h6-11,27H,4-5,12,24H2,1-3H3. The van der Waals surface area contributed by atoms with Crippen LogP contribution in [0.25, 0.3) is 22.4 Å². The van der Waals surface area contributed by atoms with Gasteiger partial charge in [-0.1, -0.05) is 26.0 Å². The fraction of sp³-hybridized carbons (Fsp3) is 0.273. The summed E-state index contributed by atoms with van der Waals surface area (Å²) < 4.78 is 14.5. The molecule has 2 aromatic carbocycles. The third-order valence-corrected chi connectivity index (χ3v) is 4.95. The Morgan fingerprint density at radius 1 is 1.07 bits per heavy atom. The SMILES string of the molecule is CCc1cc(CN)cc(CC)c1-c1c(O)c(-c2ccc(F)cc2)nn(C)c1=O. The van der Waals surface area contributed by atoms with Crippen molar-refractivity contribution in [2.45, 2.75) is 33.2 Å². The van der Waals surface area contributed by atoms with E-state index in [9.17, 15) is 14.3 Å². The maximum Gasteiger partial charge on any atom is 0.278 e. The molecule has 0 fully saturated rings. The minimum Gasteiger partial charge on any atom is -0.505 e. The van der Waals surface area contributed by atoms with E-state index in [1.165, 1.54) is 28.9 Å². The Labute approximate surface area is 163 Å². The molecule has 1 aromatic heterocycles. The summed E-state index contributed by atoms with van der Waals surface area (Å²) >= 11 is 0. The van der Waals surface area contributed by atoms with E-state index in [2.05, 4.69) is 5.10 Å². The van der Waals surface area contributed by atoms with E-state index in [-0.39, 0.29) is 28.4 Å². The van der Waals surface area contributed by atoms with Crippen LogP contribution in [0.15, 0.2) is 41.2 Å². The van der Waals surface area contributed by atoms with Crippen molar-refractivity contribution in [3.63, 3.8) is 0 Å². The molecule has 3 N–H and O–H groups in total. The van der Waals surface area contributed by atoms with Gasteiger partial charge in [0.1, 0.15) is 11.5 Å². The van der Waals surface area contributed by atoms with Crippen molar-refractivity contribution in [1.82, 2.24) is 9.78 Å². The highest BCUT2D eigenvalue weighted by atomic mass is 19.1. The number of aryl methyl sites for hydroxylation is 3. The fourth-order valence-corrected chi connectivity index (χ4v) is 3.49. The van der Waals surface area contributed by atoms with Gasteiger partial charge in [0.05, 0.1) is 5.56 Å². The monoisotopic (exact) mass is 381 g/mol. The highest BCUT2D eigenvalue weighted by Gasteiger charge is 2.23. The van der Waals surface area contributed by atoms with E-state index in [1.807, 2.05) is 26.0 Å². The Morgan fingerprint density at radius 3 is 2.14 bits per heavy atom. The largest absolute Gasteiger partial charge is 0.505 e. The first-order valence-electron chi connectivity index (χ1n) is 9.32. The number of hydrogen-bond donors (Lipinski definition) is 2. The molecule has 0 saturated heterocycles. The lowest BCUT2D eigenvalue weighted by Crippen LogP contribution is -2.23. The topological polar surface area (TPSA) is 81.1 Å². The minimum absolute atomic E-state index is 0.195. The van der Waals surface area contributed by atoms with Gasteiger partial charge in [-0.05, 0) is 59.4 Å². The number of hydrogen-bond acceptors (Lipinski definition) is 4. The van der Waals surface area contributed by atoms with Crippen LogP contribution < -0.4 is 11.3 Å². The predicted molar refractivity (Wildman–Crippen MR) is 109 cm³/mol. The van der Waals surface area contributed by atoms with Crippen LogP contribution >= 0.6 is 0 Å². The lowest BCUT2D eigenvalue weighted by Gasteiger charge is -2.18. The highest BCUT2D eigenvalue weighted by molar-refractivity contribution is 5.82. The number of benzene rings is 2. The van der Waals surface area contributed by atoms with Gasteiger partial charge in [-0.25, -0.2) is 9.07 Å². The second-order valence-corrected chi connectivity index (χ2v) is 6.71. The number of nitrogens with two attached hydrogens (primary N) is 1. The van der Waals surface area contributed by atoms with Crippen LogP contribution in [0.1, 0.15) is 30.5 Å². The van der Waals surface area contributed by atoms with E-state index in [1.54, 1.807) is 7.05 Å². The third kappa shape index (κ3) is 3.43. The van der Waals surface area contributed by atoms with Gasteiger partial charge in [0, 0.05) is 19.2 Å². The highest BCUT2D eigenvalue weighted by Crippen LogP contribution is 2.38. The van der Waals surface area contributed by atoms with Gasteiger partial charge >= 0.3 is 0 Å². The summed E-state index contributed by atoms with van der Waals surface area (Å²) in [6.45, 7) is 4.41. The van der Waals surface area contributed by atoms with Crippen molar-refractivity contribution in [2.75, 3.05) is 0 Å². The van der Waals surface area contributed by atoms with Gasteiger partial charge in [0.2, 0.25) is 0 Å². The van der Waals surface area contributed by atoms with Crippen molar-refractivity contribution in [2.24, 2.45) is 12.8 Å². The normalized spacial score (nSPS) is 11.0. The zero-order chi connectivity index (χ0) is 20.4. The summed E-state index contributed by atoms with van der Waals surface area (Å²) in [4.78, 5) is 13.0. The molecule has 1 heterocycles. The van der Waals surface area contributed by atoms with Gasteiger partial charge in [-0.2, -0.15) is 5.10 Å². The summed E-state index contributed by atoms with van der Waals surface area (Å²) in [6, 6.07) is 9.62. The quantitative estimate of drug-likeness (QED) is 0.708. The Bertz CT molecular complexity index is 1050. The smallest absolute Gasteiger partial charge is 0.278 e. The Kier molecular flexibility index (Phi) is 5.61. The maximum atomic E-state index is 13.3. The van der Waals surface area contributed by atoms with Crippen LogP contribution in [-0.2, 0) is 26.4 Å². The van der Waals surface area contributed by atoms with Gasteiger partial charge in [-0.3, -0.25) is 4.79 Å². The van der Waals surface area contributed by atoms with E-state index < -0.39 is 0 Å². The van der Waals surface area contributed by atoms with Crippen molar-refractivity contribution in [3.8, 4) is 28.1 Å². The molecule has 3 rings (SSSR count). The molecular weight excluding hydrogens is 357 g/mol. The fourth-order valence-electron chi connectivity index (χ4n) is 3.49. The zero-order valence-electron chi connectivity index (χ0n) is 16.3. The van der Waals surface area contributed by atoms with Crippen molar-refractivity contribution in [1.29, 1.82) is 0 Å². The number of aromatic hydroxyl groups is 1. The molecule has 0 radical (unpaired) electrons. The number of rotatable bonds is 5. The lowest BCUT2D eigenvalue weighted by atomic mass is 9.89. The molecule has 28 heavy (non-hydrogen) atoms. The summed E-state index contributed by atoms with van der Waals surface area (Å²) in [6.07, 6.45) is 1.37. The minimum atomic E-state index is -0.382. The van der Waals surface area contributed by atoms with Crippen molar-refractivity contribution in [3.05, 3.63) is 69.3 Å². The molecular formula is C22H24FN3O2. The van der Waals surface area contributed by atoms with E-state index >= 15 is 0 Å². The second-order valence-electron chi connectivity index (χ2n) is 6.71. The molecule has 146 valence electrons. The lowest BCUT2D eigenvalue weighted by molar-refractivity contribution is 0.470. The van der Waals surface area contributed by atoms with Crippen LogP contribution in [0.2, 0.25) is 0 Å². The molecule has 0 aliphatic rings. The van der Waals surface area contributed by atoms with Gasteiger partial charge in [0.15, 0.2) is 5.75 Å². The van der Waals surface area contributed by atoms with Crippen molar-refractivity contribution < 1.29 is 9.50 Å². The Hall–Kier alpha value is -2.99. The molecule has 5 nitrogen and oxygen atoms in total. The summed E-state index contributed by atoms with van der Waals surface area (Å²) in [5.74, 6) is -0.577. The van der Waals surface area contributed by atoms with E-state index in [0.29, 0.717) is 24.9 Å². The molecule has 0 unspecified atom stereocenters.